The molecule has 1 aliphatic rings. The number of hydrogen-bond donors (Lipinski definition) is 1. The average Bonchev–Trinajstić information content (AvgIpc) is 2.61. The van der Waals surface area contributed by atoms with Crippen LogP contribution in [0.3, 0.4) is 0 Å². The molecular weight excluding hydrogens is 216 g/mol. The summed E-state index contributed by atoms with van der Waals surface area (Å²) in [6, 6.07) is 0. The molecule has 1 fully saturated rings. The smallest absolute Gasteiger partial charge is 0.302 e. The molecule has 4 unspecified atom stereocenters. The minimum atomic E-state index is -0.676. The van der Waals surface area contributed by atoms with Crippen molar-refractivity contribution < 1.29 is 28.8 Å². The van der Waals surface area contributed by atoms with E-state index in [-0.39, 0.29) is 6.61 Å². The van der Waals surface area contributed by atoms with Crippen molar-refractivity contribution in [2.45, 2.75) is 37.9 Å². The van der Waals surface area contributed by atoms with Gasteiger partial charge in [0.1, 0.15) is 18.8 Å². The lowest BCUT2D eigenvalue weighted by Crippen LogP contribution is -2.39. The normalized spacial score (nSPS) is 31.4. The molecule has 4 atom stereocenters. The maximum atomic E-state index is 10.7. The summed E-state index contributed by atoms with van der Waals surface area (Å²) in [5.41, 5.74) is 0. The Morgan fingerprint density at radius 3 is 2.69 bits per heavy atom. The SMILES string of the molecule is COC1CC(O)C(C(COC(C)=O)OC)O1. The van der Waals surface area contributed by atoms with Gasteiger partial charge in [0.05, 0.1) is 6.10 Å². The minimum Gasteiger partial charge on any atom is -0.463 e. The molecule has 1 heterocycles. The van der Waals surface area contributed by atoms with E-state index in [4.69, 9.17) is 18.9 Å². The maximum absolute atomic E-state index is 10.7. The lowest BCUT2D eigenvalue weighted by atomic mass is 10.1. The van der Waals surface area contributed by atoms with Gasteiger partial charge in [-0.25, -0.2) is 0 Å². The zero-order chi connectivity index (χ0) is 12.1. The van der Waals surface area contributed by atoms with E-state index in [9.17, 15) is 9.90 Å². The Hall–Kier alpha value is -0.690. The van der Waals surface area contributed by atoms with Crippen molar-refractivity contribution in [3.05, 3.63) is 0 Å². The van der Waals surface area contributed by atoms with Crippen LogP contribution in [0.2, 0.25) is 0 Å². The summed E-state index contributed by atoms with van der Waals surface area (Å²) in [6.45, 7) is 1.38. The molecule has 0 amide bonds. The molecule has 6 heteroatoms. The molecule has 94 valence electrons. The molecular formula is C10H18O6. The van der Waals surface area contributed by atoms with Gasteiger partial charge in [0, 0.05) is 27.6 Å². The number of rotatable bonds is 5. The Labute approximate surface area is 94.4 Å². The first-order chi connectivity index (χ1) is 7.58. The number of carbonyl (C=O) groups is 1. The fourth-order valence-electron chi connectivity index (χ4n) is 1.64. The van der Waals surface area contributed by atoms with Crippen LogP contribution in [0.4, 0.5) is 0 Å². The Kier molecular flexibility index (Phi) is 5.14. The number of ether oxygens (including phenoxy) is 4. The number of aliphatic hydroxyl groups is 1. The molecule has 0 spiro atoms. The predicted molar refractivity (Wildman–Crippen MR) is 53.7 cm³/mol. The van der Waals surface area contributed by atoms with Crippen molar-refractivity contribution in [2.75, 3.05) is 20.8 Å². The monoisotopic (exact) mass is 234 g/mol. The van der Waals surface area contributed by atoms with E-state index in [2.05, 4.69) is 0 Å². The molecule has 0 bridgehead atoms. The van der Waals surface area contributed by atoms with E-state index >= 15 is 0 Å². The van der Waals surface area contributed by atoms with E-state index in [1.807, 2.05) is 0 Å². The van der Waals surface area contributed by atoms with E-state index in [0.29, 0.717) is 6.42 Å². The zero-order valence-electron chi connectivity index (χ0n) is 9.71. The second-order valence-corrected chi connectivity index (χ2v) is 3.65. The average molecular weight is 234 g/mol. The Morgan fingerprint density at radius 2 is 2.25 bits per heavy atom. The highest BCUT2D eigenvalue weighted by Gasteiger charge is 2.40. The number of hydrogen-bond acceptors (Lipinski definition) is 6. The van der Waals surface area contributed by atoms with Crippen LogP contribution in [-0.2, 0) is 23.7 Å². The highest BCUT2D eigenvalue weighted by molar-refractivity contribution is 5.65. The van der Waals surface area contributed by atoms with Gasteiger partial charge in [0.25, 0.3) is 0 Å². The third kappa shape index (κ3) is 3.41. The summed E-state index contributed by atoms with van der Waals surface area (Å²) in [4.78, 5) is 10.7. The van der Waals surface area contributed by atoms with E-state index < -0.39 is 30.6 Å². The predicted octanol–water partition coefficient (Wildman–Crippen LogP) is -0.313. The fraction of sp³-hybridized carbons (Fsp3) is 0.900. The third-order valence-electron chi connectivity index (χ3n) is 2.51. The molecule has 0 aromatic rings. The molecule has 0 aromatic carbocycles. The van der Waals surface area contributed by atoms with Crippen LogP contribution in [0, 0.1) is 0 Å². The number of methoxy groups -OCH3 is 2. The molecule has 1 aliphatic heterocycles. The molecule has 1 saturated heterocycles. The van der Waals surface area contributed by atoms with Gasteiger partial charge in [-0.3, -0.25) is 4.79 Å². The Balaban J connectivity index is 2.49. The lowest BCUT2D eigenvalue weighted by molar-refractivity contribution is -0.167. The number of carbonyl (C=O) groups excluding carboxylic acids is 1. The summed E-state index contributed by atoms with van der Waals surface area (Å²) in [5, 5.41) is 9.73. The second kappa shape index (κ2) is 6.15. The van der Waals surface area contributed by atoms with Crippen LogP contribution >= 0.6 is 0 Å². The van der Waals surface area contributed by atoms with Crippen LogP contribution in [0.15, 0.2) is 0 Å². The van der Waals surface area contributed by atoms with Gasteiger partial charge < -0.3 is 24.1 Å². The van der Waals surface area contributed by atoms with Crippen LogP contribution < -0.4 is 0 Å². The van der Waals surface area contributed by atoms with Crippen molar-refractivity contribution >= 4 is 5.97 Å². The highest BCUT2D eigenvalue weighted by Crippen LogP contribution is 2.24. The standard InChI is InChI=1S/C10H18O6/c1-6(11)15-5-8(13-2)10-7(12)4-9(14-3)16-10/h7-10,12H,4-5H2,1-3H3. The Morgan fingerprint density at radius 1 is 1.56 bits per heavy atom. The molecule has 6 nitrogen and oxygen atoms in total. The topological polar surface area (TPSA) is 74.2 Å². The van der Waals surface area contributed by atoms with Gasteiger partial charge in [0.15, 0.2) is 6.29 Å². The van der Waals surface area contributed by atoms with Gasteiger partial charge in [-0.1, -0.05) is 0 Å². The van der Waals surface area contributed by atoms with Crippen molar-refractivity contribution in [1.29, 1.82) is 0 Å². The fourth-order valence-corrected chi connectivity index (χ4v) is 1.64. The summed E-state index contributed by atoms with van der Waals surface area (Å²) < 4.78 is 20.4. The maximum Gasteiger partial charge on any atom is 0.302 e. The second-order valence-electron chi connectivity index (χ2n) is 3.65. The molecule has 0 aromatic heterocycles. The van der Waals surface area contributed by atoms with Gasteiger partial charge in [-0.15, -0.1) is 0 Å². The lowest BCUT2D eigenvalue weighted by Gasteiger charge is -2.23. The largest absolute Gasteiger partial charge is 0.463 e. The Bertz CT molecular complexity index is 231. The molecule has 1 rings (SSSR count). The number of esters is 1. The quantitative estimate of drug-likeness (QED) is 0.657. The molecule has 0 radical (unpaired) electrons. The van der Waals surface area contributed by atoms with Crippen molar-refractivity contribution in [2.24, 2.45) is 0 Å². The first kappa shape index (κ1) is 13.4. The minimum absolute atomic E-state index is 0.0595. The summed E-state index contributed by atoms with van der Waals surface area (Å²) in [5.74, 6) is -0.391. The van der Waals surface area contributed by atoms with E-state index in [1.54, 1.807) is 0 Å². The van der Waals surface area contributed by atoms with Gasteiger partial charge in [-0.05, 0) is 0 Å². The van der Waals surface area contributed by atoms with Gasteiger partial charge in [-0.2, -0.15) is 0 Å². The van der Waals surface area contributed by atoms with Gasteiger partial charge >= 0.3 is 5.97 Å². The first-order valence-electron chi connectivity index (χ1n) is 5.11. The van der Waals surface area contributed by atoms with Crippen molar-refractivity contribution in [1.82, 2.24) is 0 Å². The summed E-state index contributed by atoms with van der Waals surface area (Å²) in [6.07, 6.45) is -1.74. The number of aliphatic hydroxyl groups excluding tert-OH is 1. The molecule has 16 heavy (non-hydrogen) atoms. The van der Waals surface area contributed by atoms with Crippen LogP contribution in [0.1, 0.15) is 13.3 Å². The van der Waals surface area contributed by atoms with Crippen molar-refractivity contribution in [3.8, 4) is 0 Å². The molecule has 1 N–H and O–H groups in total. The molecule has 0 aliphatic carbocycles. The van der Waals surface area contributed by atoms with E-state index in [1.165, 1.54) is 21.1 Å². The summed E-state index contributed by atoms with van der Waals surface area (Å²) >= 11 is 0. The van der Waals surface area contributed by atoms with Crippen LogP contribution in [0.5, 0.6) is 0 Å². The highest BCUT2D eigenvalue weighted by atomic mass is 16.7. The van der Waals surface area contributed by atoms with Crippen LogP contribution in [0.25, 0.3) is 0 Å². The van der Waals surface area contributed by atoms with Crippen LogP contribution in [-0.4, -0.2) is 56.5 Å². The van der Waals surface area contributed by atoms with E-state index in [0.717, 1.165) is 0 Å². The van der Waals surface area contributed by atoms with Crippen molar-refractivity contribution in [3.63, 3.8) is 0 Å². The first-order valence-corrected chi connectivity index (χ1v) is 5.11. The van der Waals surface area contributed by atoms with Gasteiger partial charge in [0.2, 0.25) is 0 Å². The third-order valence-corrected chi connectivity index (χ3v) is 2.51. The summed E-state index contributed by atoms with van der Waals surface area (Å²) in [7, 11) is 2.98. The molecule has 0 saturated carbocycles. The zero-order valence-corrected chi connectivity index (χ0v) is 9.71.